The Hall–Kier alpha value is -1.11. The van der Waals surface area contributed by atoms with E-state index in [1.54, 1.807) is 6.07 Å². The van der Waals surface area contributed by atoms with Crippen molar-refractivity contribution in [2.75, 3.05) is 20.3 Å². The highest BCUT2D eigenvalue weighted by molar-refractivity contribution is 7.98. The van der Waals surface area contributed by atoms with Gasteiger partial charge in [0, 0.05) is 11.3 Å². The summed E-state index contributed by atoms with van der Waals surface area (Å²) in [4.78, 5) is 16.3. The number of carbonyl (C=O) groups is 1. The third-order valence-electron chi connectivity index (χ3n) is 3.67. The summed E-state index contributed by atoms with van der Waals surface area (Å²) in [5.74, 6) is -0.393. The van der Waals surface area contributed by atoms with Crippen LogP contribution in [0.3, 0.4) is 0 Å². The fourth-order valence-electron chi connectivity index (χ4n) is 2.69. The van der Waals surface area contributed by atoms with Crippen molar-refractivity contribution in [3.63, 3.8) is 0 Å². The second-order valence-electron chi connectivity index (χ2n) is 6.46. The second kappa shape index (κ2) is 4.97. The average molecular weight is 308 g/mol. The van der Waals surface area contributed by atoms with E-state index < -0.39 is 5.97 Å². The molecule has 0 unspecified atom stereocenters. The number of rotatable bonds is 2. The molecule has 0 saturated carbocycles. The van der Waals surface area contributed by atoms with Gasteiger partial charge in [0.25, 0.3) is 0 Å². The van der Waals surface area contributed by atoms with Gasteiger partial charge in [-0.2, -0.15) is 0 Å². The number of nitrogens with zero attached hydrogens (tertiary/aromatic N) is 2. The minimum absolute atomic E-state index is 0.121. The smallest absolute Gasteiger partial charge is 0.356 e. The molecule has 2 aliphatic heterocycles. The molecule has 114 valence electrons. The standard InChI is InChI=1S/C15H20N2O3S/c1-14(2,3)21-17-7-10-5-6-11(13(18)19-4)16-12(10)15(17)8-20-9-15/h5-6H,7-9H2,1-4H3. The predicted molar refractivity (Wildman–Crippen MR) is 81.0 cm³/mol. The second-order valence-corrected chi connectivity index (χ2v) is 8.31. The molecule has 3 rings (SSSR count). The van der Waals surface area contributed by atoms with E-state index in [9.17, 15) is 4.79 Å². The first-order chi connectivity index (χ1) is 9.86. The van der Waals surface area contributed by atoms with Crippen LogP contribution in [0.4, 0.5) is 0 Å². The fourth-order valence-corrected chi connectivity index (χ4v) is 3.92. The Balaban J connectivity index is 1.97. The molecule has 0 atom stereocenters. The molecule has 0 aliphatic carbocycles. The summed E-state index contributed by atoms with van der Waals surface area (Å²) in [6.07, 6.45) is 0. The average Bonchev–Trinajstić information content (AvgIpc) is 2.67. The molecule has 0 amide bonds. The number of carbonyl (C=O) groups excluding carboxylic acids is 1. The number of hydrogen-bond acceptors (Lipinski definition) is 6. The minimum Gasteiger partial charge on any atom is -0.464 e. The van der Waals surface area contributed by atoms with E-state index in [-0.39, 0.29) is 10.3 Å². The maximum atomic E-state index is 11.7. The van der Waals surface area contributed by atoms with Crippen LogP contribution >= 0.6 is 11.9 Å². The van der Waals surface area contributed by atoms with Gasteiger partial charge in [-0.25, -0.2) is 14.1 Å². The van der Waals surface area contributed by atoms with Gasteiger partial charge < -0.3 is 9.47 Å². The molecule has 0 bridgehead atoms. The highest BCUT2D eigenvalue weighted by Crippen LogP contribution is 2.49. The maximum absolute atomic E-state index is 11.7. The van der Waals surface area contributed by atoms with Gasteiger partial charge in [-0.3, -0.25) is 0 Å². The lowest BCUT2D eigenvalue weighted by atomic mass is 9.93. The van der Waals surface area contributed by atoms with E-state index in [2.05, 4.69) is 30.1 Å². The molecule has 5 nitrogen and oxygen atoms in total. The first-order valence-electron chi connectivity index (χ1n) is 6.99. The summed E-state index contributed by atoms with van der Waals surface area (Å²) in [5, 5.41) is 0. The third-order valence-corrected chi connectivity index (χ3v) is 4.92. The number of ether oxygens (including phenoxy) is 2. The van der Waals surface area contributed by atoms with Gasteiger partial charge in [-0.15, -0.1) is 0 Å². The van der Waals surface area contributed by atoms with Crippen LogP contribution in [0.2, 0.25) is 0 Å². The summed E-state index contributed by atoms with van der Waals surface area (Å²) >= 11 is 1.82. The molecule has 0 N–H and O–H groups in total. The number of hydrogen-bond donors (Lipinski definition) is 0. The van der Waals surface area contributed by atoms with Crippen molar-refractivity contribution >= 4 is 17.9 Å². The van der Waals surface area contributed by atoms with Crippen molar-refractivity contribution in [3.05, 3.63) is 29.1 Å². The number of fused-ring (bicyclic) bond motifs is 2. The third kappa shape index (κ3) is 2.45. The fraction of sp³-hybridized carbons (Fsp3) is 0.600. The minimum atomic E-state index is -0.393. The van der Waals surface area contributed by atoms with Gasteiger partial charge in [0.2, 0.25) is 0 Å². The molecule has 1 aromatic heterocycles. The molecule has 1 fully saturated rings. The summed E-state index contributed by atoms with van der Waals surface area (Å²) in [6, 6.07) is 3.72. The number of pyridine rings is 1. The molecule has 2 aliphatic rings. The SMILES string of the molecule is COC(=O)c1ccc2c(n1)C1(COC1)N(SC(C)(C)C)C2. The van der Waals surface area contributed by atoms with Crippen LogP contribution in [0.5, 0.6) is 0 Å². The van der Waals surface area contributed by atoms with Gasteiger partial charge in [0.15, 0.2) is 0 Å². The van der Waals surface area contributed by atoms with Crippen molar-refractivity contribution in [1.29, 1.82) is 0 Å². The zero-order valence-electron chi connectivity index (χ0n) is 12.8. The van der Waals surface area contributed by atoms with E-state index in [1.807, 2.05) is 18.0 Å². The first-order valence-corrected chi connectivity index (χ1v) is 7.76. The molecule has 1 saturated heterocycles. The molecule has 21 heavy (non-hydrogen) atoms. The monoisotopic (exact) mass is 308 g/mol. The molecule has 1 aromatic rings. The van der Waals surface area contributed by atoms with Crippen molar-refractivity contribution in [2.24, 2.45) is 0 Å². The largest absolute Gasteiger partial charge is 0.464 e. The summed E-state index contributed by atoms with van der Waals surface area (Å²) in [5.41, 5.74) is 2.30. The van der Waals surface area contributed by atoms with E-state index in [4.69, 9.17) is 9.47 Å². The molecule has 3 heterocycles. The van der Waals surface area contributed by atoms with E-state index in [1.165, 1.54) is 12.7 Å². The van der Waals surface area contributed by atoms with Crippen LogP contribution in [0, 0.1) is 0 Å². The maximum Gasteiger partial charge on any atom is 0.356 e. The predicted octanol–water partition coefficient (Wildman–Crippen LogP) is 2.36. The van der Waals surface area contributed by atoms with E-state index in [0.717, 1.165) is 12.2 Å². The molecule has 1 spiro atoms. The van der Waals surface area contributed by atoms with Crippen LogP contribution in [0.1, 0.15) is 42.5 Å². The molecule has 0 aromatic carbocycles. The summed E-state index contributed by atoms with van der Waals surface area (Å²) in [7, 11) is 1.38. The Bertz CT molecular complexity index is 579. The van der Waals surface area contributed by atoms with Crippen molar-refractivity contribution in [3.8, 4) is 0 Å². The zero-order valence-corrected chi connectivity index (χ0v) is 13.6. The Kier molecular flexibility index (Phi) is 3.50. The van der Waals surface area contributed by atoms with Crippen LogP contribution in [0.25, 0.3) is 0 Å². The lowest BCUT2D eigenvalue weighted by molar-refractivity contribution is -0.109. The van der Waals surface area contributed by atoms with Crippen LogP contribution in [-0.2, 0) is 21.6 Å². The lowest BCUT2D eigenvalue weighted by Gasteiger charge is -2.46. The van der Waals surface area contributed by atoms with Crippen LogP contribution in [-0.4, -0.2) is 40.3 Å². The van der Waals surface area contributed by atoms with Crippen molar-refractivity contribution in [2.45, 2.75) is 37.6 Å². The molecular formula is C15H20N2O3S. The van der Waals surface area contributed by atoms with Gasteiger partial charge in [0.1, 0.15) is 11.2 Å². The number of aromatic nitrogens is 1. The van der Waals surface area contributed by atoms with Crippen molar-refractivity contribution < 1.29 is 14.3 Å². The quantitative estimate of drug-likeness (QED) is 0.617. The topological polar surface area (TPSA) is 51.7 Å². The summed E-state index contributed by atoms with van der Waals surface area (Å²) in [6.45, 7) is 8.67. The zero-order chi connectivity index (χ0) is 15.3. The van der Waals surface area contributed by atoms with E-state index >= 15 is 0 Å². The van der Waals surface area contributed by atoms with Gasteiger partial charge >= 0.3 is 5.97 Å². The van der Waals surface area contributed by atoms with E-state index in [0.29, 0.717) is 18.9 Å². The molecule has 6 heteroatoms. The highest BCUT2D eigenvalue weighted by atomic mass is 32.2. The Morgan fingerprint density at radius 1 is 1.43 bits per heavy atom. The molecule has 0 radical (unpaired) electrons. The van der Waals surface area contributed by atoms with Crippen LogP contribution < -0.4 is 0 Å². The highest BCUT2D eigenvalue weighted by Gasteiger charge is 2.53. The Morgan fingerprint density at radius 2 is 2.14 bits per heavy atom. The lowest BCUT2D eigenvalue weighted by Crippen LogP contribution is -2.54. The van der Waals surface area contributed by atoms with Gasteiger partial charge in [0.05, 0.1) is 26.0 Å². The van der Waals surface area contributed by atoms with Gasteiger partial charge in [-0.1, -0.05) is 18.0 Å². The normalized spacial score (nSPS) is 20.2. The van der Waals surface area contributed by atoms with Crippen LogP contribution in [0.15, 0.2) is 12.1 Å². The molecular weight excluding hydrogens is 288 g/mol. The summed E-state index contributed by atoms with van der Waals surface area (Å²) < 4.78 is 12.7. The first kappa shape index (κ1) is 14.8. The van der Waals surface area contributed by atoms with Crippen molar-refractivity contribution in [1.82, 2.24) is 9.29 Å². The number of methoxy groups -OCH3 is 1. The Labute approximate surface area is 129 Å². The Morgan fingerprint density at radius 3 is 2.67 bits per heavy atom. The number of esters is 1. The van der Waals surface area contributed by atoms with Gasteiger partial charge in [-0.05, 0) is 32.4 Å².